The number of aryl methyl sites for hydroxylation is 1. The summed E-state index contributed by atoms with van der Waals surface area (Å²) in [7, 11) is 2.13. The van der Waals surface area contributed by atoms with E-state index < -0.39 is 6.36 Å². The summed E-state index contributed by atoms with van der Waals surface area (Å²) < 4.78 is 52.1. The van der Waals surface area contributed by atoms with E-state index in [4.69, 9.17) is 8.94 Å². The molecule has 36 heavy (non-hydrogen) atoms. The maximum atomic E-state index is 12.4. The first-order chi connectivity index (χ1) is 17.2. The van der Waals surface area contributed by atoms with Crippen LogP contribution in [-0.2, 0) is 6.42 Å². The average Bonchev–Trinajstić information content (AvgIpc) is 3.47. The van der Waals surface area contributed by atoms with Gasteiger partial charge in [0.05, 0.1) is 5.69 Å². The zero-order valence-corrected chi connectivity index (χ0v) is 19.7. The number of alkyl halides is 3. The Hall–Kier alpha value is -3.86. The number of hydrogen-bond donors (Lipinski definition) is 0. The SMILES string of the molecule is Cc1oc(-c2nc(-c3ccc(OC(F)(F)F)cc3)no2)nc1Cc1cccc(N2CCN(C)CC2)c1. The fourth-order valence-corrected chi connectivity index (χ4v) is 4.04. The Kier molecular flexibility index (Phi) is 6.40. The summed E-state index contributed by atoms with van der Waals surface area (Å²) in [6.45, 7) is 5.88. The van der Waals surface area contributed by atoms with E-state index in [1.807, 2.05) is 6.92 Å². The number of benzene rings is 2. The fourth-order valence-electron chi connectivity index (χ4n) is 4.04. The smallest absolute Gasteiger partial charge is 0.438 e. The van der Waals surface area contributed by atoms with Crippen molar-refractivity contribution in [3.63, 3.8) is 0 Å². The van der Waals surface area contributed by atoms with Crippen LogP contribution in [0.2, 0.25) is 0 Å². The first-order valence-corrected chi connectivity index (χ1v) is 11.4. The van der Waals surface area contributed by atoms with Gasteiger partial charge in [0.25, 0.3) is 5.89 Å². The summed E-state index contributed by atoms with van der Waals surface area (Å²) in [5.74, 6) is 0.776. The first-order valence-electron chi connectivity index (χ1n) is 11.4. The summed E-state index contributed by atoms with van der Waals surface area (Å²) in [6, 6.07) is 13.6. The van der Waals surface area contributed by atoms with Gasteiger partial charge in [-0.2, -0.15) is 4.98 Å². The van der Waals surface area contributed by atoms with Gasteiger partial charge in [0.15, 0.2) is 0 Å². The quantitative estimate of drug-likeness (QED) is 0.369. The number of halogens is 3. The van der Waals surface area contributed by atoms with Crippen molar-refractivity contribution in [3.8, 4) is 28.9 Å². The second kappa shape index (κ2) is 9.65. The van der Waals surface area contributed by atoms with E-state index in [0.717, 1.165) is 37.4 Å². The molecule has 1 aliphatic rings. The van der Waals surface area contributed by atoms with Gasteiger partial charge in [0.2, 0.25) is 5.82 Å². The van der Waals surface area contributed by atoms with Crippen LogP contribution in [0.5, 0.6) is 5.75 Å². The van der Waals surface area contributed by atoms with Crippen molar-refractivity contribution in [1.82, 2.24) is 20.0 Å². The van der Waals surface area contributed by atoms with E-state index >= 15 is 0 Å². The van der Waals surface area contributed by atoms with Gasteiger partial charge in [-0.05, 0) is 55.9 Å². The molecule has 2 aromatic heterocycles. The van der Waals surface area contributed by atoms with Crippen molar-refractivity contribution >= 4 is 5.69 Å². The second-order valence-corrected chi connectivity index (χ2v) is 8.65. The first kappa shape index (κ1) is 23.9. The van der Waals surface area contributed by atoms with Crippen molar-refractivity contribution in [3.05, 3.63) is 65.5 Å². The highest BCUT2D eigenvalue weighted by atomic mass is 19.4. The molecular weight excluding hydrogens is 475 g/mol. The Morgan fingerprint density at radius 3 is 2.44 bits per heavy atom. The molecule has 0 aliphatic carbocycles. The summed E-state index contributed by atoms with van der Waals surface area (Å²) in [6.07, 6.45) is -4.17. The normalized spacial score (nSPS) is 14.9. The summed E-state index contributed by atoms with van der Waals surface area (Å²) >= 11 is 0. The molecule has 5 rings (SSSR count). The highest BCUT2D eigenvalue weighted by Crippen LogP contribution is 2.28. The van der Waals surface area contributed by atoms with Crippen LogP contribution in [-0.4, -0.2) is 59.6 Å². The third-order valence-corrected chi connectivity index (χ3v) is 6.00. The molecule has 1 saturated heterocycles. The summed E-state index contributed by atoms with van der Waals surface area (Å²) in [5, 5.41) is 3.90. The molecule has 1 fully saturated rings. The van der Waals surface area contributed by atoms with Crippen LogP contribution < -0.4 is 9.64 Å². The standard InChI is InChI=1S/C25H24F3N5O3/c1-16-21(15-17-4-3-5-19(14-17)33-12-10-32(2)11-13-33)29-23(34-16)24-30-22(31-36-24)18-6-8-20(9-7-18)35-25(26,27)28/h3-9,14H,10-13,15H2,1-2H3. The molecule has 0 unspecified atom stereocenters. The minimum absolute atomic E-state index is 0.0844. The molecule has 3 heterocycles. The number of piperazine rings is 1. The number of nitrogens with zero attached hydrogens (tertiary/aromatic N) is 5. The zero-order valence-electron chi connectivity index (χ0n) is 19.7. The van der Waals surface area contributed by atoms with Crippen molar-refractivity contribution in [2.75, 3.05) is 38.1 Å². The monoisotopic (exact) mass is 499 g/mol. The number of rotatable bonds is 6. The van der Waals surface area contributed by atoms with E-state index in [9.17, 15) is 13.2 Å². The van der Waals surface area contributed by atoms with E-state index in [-0.39, 0.29) is 23.4 Å². The predicted molar refractivity (Wildman–Crippen MR) is 126 cm³/mol. The van der Waals surface area contributed by atoms with Gasteiger partial charge < -0.3 is 23.5 Å². The molecule has 4 aromatic rings. The number of ether oxygens (including phenoxy) is 1. The van der Waals surface area contributed by atoms with Crippen LogP contribution >= 0.6 is 0 Å². The number of oxazole rings is 1. The molecule has 11 heteroatoms. The van der Waals surface area contributed by atoms with Crippen LogP contribution in [0.3, 0.4) is 0 Å². The Balaban J connectivity index is 1.29. The lowest BCUT2D eigenvalue weighted by molar-refractivity contribution is -0.274. The lowest BCUT2D eigenvalue weighted by atomic mass is 10.1. The molecule has 188 valence electrons. The van der Waals surface area contributed by atoms with Crippen LogP contribution in [0.15, 0.2) is 57.5 Å². The highest BCUT2D eigenvalue weighted by molar-refractivity contribution is 5.58. The molecule has 2 aromatic carbocycles. The van der Waals surface area contributed by atoms with Crippen molar-refractivity contribution in [2.45, 2.75) is 19.7 Å². The Labute approximate surface area is 205 Å². The molecule has 0 radical (unpaired) electrons. The minimum Gasteiger partial charge on any atom is -0.438 e. The van der Waals surface area contributed by atoms with Crippen molar-refractivity contribution < 1.29 is 26.8 Å². The maximum Gasteiger partial charge on any atom is 0.573 e. The largest absolute Gasteiger partial charge is 0.573 e. The Bertz CT molecular complexity index is 1330. The molecule has 0 bridgehead atoms. The third kappa shape index (κ3) is 5.51. The van der Waals surface area contributed by atoms with E-state index in [1.54, 1.807) is 0 Å². The second-order valence-electron chi connectivity index (χ2n) is 8.65. The zero-order chi connectivity index (χ0) is 25.3. The number of anilines is 1. The lowest BCUT2D eigenvalue weighted by Crippen LogP contribution is -2.44. The van der Waals surface area contributed by atoms with Crippen molar-refractivity contribution in [1.29, 1.82) is 0 Å². The number of hydrogen-bond acceptors (Lipinski definition) is 8. The summed E-state index contributed by atoms with van der Waals surface area (Å²) in [5.41, 5.74) is 3.52. The Morgan fingerprint density at radius 2 is 1.72 bits per heavy atom. The number of aromatic nitrogens is 3. The molecule has 1 aliphatic heterocycles. The average molecular weight is 499 g/mol. The number of likely N-dealkylation sites (N-methyl/N-ethyl adjacent to an activating group) is 1. The van der Waals surface area contributed by atoms with Crippen molar-refractivity contribution in [2.24, 2.45) is 0 Å². The highest BCUT2D eigenvalue weighted by Gasteiger charge is 2.31. The van der Waals surface area contributed by atoms with E-state index in [2.05, 4.69) is 61.0 Å². The van der Waals surface area contributed by atoms with E-state index in [1.165, 1.54) is 30.0 Å². The molecule has 0 atom stereocenters. The molecule has 8 nitrogen and oxygen atoms in total. The Morgan fingerprint density at radius 1 is 0.972 bits per heavy atom. The van der Waals surface area contributed by atoms with Gasteiger partial charge in [-0.1, -0.05) is 17.3 Å². The van der Waals surface area contributed by atoms with Crippen LogP contribution in [0.1, 0.15) is 17.0 Å². The van der Waals surface area contributed by atoms with Crippen LogP contribution in [0.25, 0.3) is 23.2 Å². The van der Waals surface area contributed by atoms with E-state index in [0.29, 0.717) is 17.7 Å². The lowest BCUT2D eigenvalue weighted by Gasteiger charge is -2.34. The molecular formula is C25H24F3N5O3. The topological polar surface area (TPSA) is 80.7 Å². The van der Waals surface area contributed by atoms with Gasteiger partial charge >= 0.3 is 12.3 Å². The molecule has 0 amide bonds. The predicted octanol–water partition coefficient (Wildman–Crippen LogP) is 4.94. The third-order valence-electron chi connectivity index (χ3n) is 6.00. The molecule has 0 N–H and O–H groups in total. The fraction of sp³-hybridized carbons (Fsp3) is 0.320. The van der Waals surface area contributed by atoms with Gasteiger partial charge in [0.1, 0.15) is 11.5 Å². The van der Waals surface area contributed by atoms with Gasteiger partial charge in [-0.15, -0.1) is 13.2 Å². The van der Waals surface area contributed by atoms with Gasteiger partial charge in [0, 0.05) is 43.9 Å². The van der Waals surface area contributed by atoms with Gasteiger partial charge in [-0.3, -0.25) is 0 Å². The molecule has 0 spiro atoms. The van der Waals surface area contributed by atoms with Crippen LogP contribution in [0.4, 0.5) is 18.9 Å². The molecule has 0 saturated carbocycles. The maximum absolute atomic E-state index is 12.4. The van der Waals surface area contributed by atoms with Gasteiger partial charge in [-0.25, -0.2) is 4.98 Å². The summed E-state index contributed by atoms with van der Waals surface area (Å²) in [4.78, 5) is 13.6. The van der Waals surface area contributed by atoms with Crippen LogP contribution in [0, 0.1) is 6.92 Å². The minimum atomic E-state index is -4.76.